The minimum atomic E-state index is 0.300. The van der Waals surface area contributed by atoms with E-state index in [1.165, 1.54) is 0 Å². The van der Waals surface area contributed by atoms with Crippen LogP contribution in [0.1, 0.15) is 12.6 Å². The Morgan fingerprint density at radius 3 is 2.94 bits per heavy atom. The minimum absolute atomic E-state index is 0.300. The molecule has 0 unspecified atom stereocenters. The maximum atomic E-state index is 9.39. The molecule has 0 saturated heterocycles. The van der Waals surface area contributed by atoms with Gasteiger partial charge in [0.25, 0.3) is 0 Å². The van der Waals surface area contributed by atoms with Gasteiger partial charge in [-0.1, -0.05) is 6.07 Å². The molecule has 18 heavy (non-hydrogen) atoms. The number of thioether (sulfide) groups is 1. The molecule has 3 nitrogen and oxygen atoms in total. The van der Waals surface area contributed by atoms with Crippen LogP contribution in [0.25, 0.3) is 0 Å². The first-order valence-electron chi connectivity index (χ1n) is 5.88. The van der Waals surface area contributed by atoms with Gasteiger partial charge in [-0.3, -0.25) is 4.98 Å². The maximum Gasteiger partial charge on any atom is 0.116 e. The van der Waals surface area contributed by atoms with Crippen molar-refractivity contribution in [2.24, 2.45) is 0 Å². The molecule has 1 aromatic heterocycles. The maximum absolute atomic E-state index is 9.39. The van der Waals surface area contributed by atoms with Crippen molar-refractivity contribution in [1.82, 2.24) is 4.98 Å². The van der Waals surface area contributed by atoms with Crippen molar-refractivity contribution in [1.29, 1.82) is 0 Å². The second-order valence-corrected chi connectivity index (χ2v) is 4.90. The molecule has 0 aliphatic carbocycles. The van der Waals surface area contributed by atoms with Crippen LogP contribution in [0, 0.1) is 0 Å². The topological polar surface area (TPSA) is 45.2 Å². The number of rotatable bonds is 5. The van der Waals surface area contributed by atoms with Gasteiger partial charge in [0.2, 0.25) is 0 Å². The summed E-state index contributed by atoms with van der Waals surface area (Å²) in [5, 5.41) is 12.7. The van der Waals surface area contributed by atoms with E-state index in [0.29, 0.717) is 5.75 Å². The van der Waals surface area contributed by atoms with Crippen LogP contribution < -0.4 is 5.32 Å². The largest absolute Gasteiger partial charge is 0.508 e. The molecule has 0 aliphatic rings. The number of aromatic hydroxyl groups is 1. The average Bonchev–Trinajstić information content (AvgIpc) is 2.37. The van der Waals surface area contributed by atoms with E-state index < -0.39 is 0 Å². The van der Waals surface area contributed by atoms with Crippen molar-refractivity contribution in [3.63, 3.8) is 0 Å². The first kappa shape index (κ1) is 12.8. The molecule has 0 saturated carbocycles. The lowest BCUT2D eigenvalue weighted by Crippen LogP contribution is -1.97. The SMILES string of the molecule is CCNc1ccnc(CSc2cccc(O)c2)c1. The molecular weight excluding hydrogens is 244 g/mol. The molecule has 2 aromatic rings. The molecule has 2 rings (SSSR count). The third kappa shape index (κ3) is 3.67. The number of pyridine rings is 1. The Bertz CT molecular complexity index is 517. The molecule has 1 heterocycles. The van der Waals surface area contributed by atoms with Crippen molar-refractivity contribution in [2.45, 2.75) is 17.6 Å². The zero-order valence-electron chi connectivity index (χ0n) is 10.3. The molecule has 0 amide bonds. The highest BCUT2D eigenvalue weighted by molar-refractivity contribution is 7.98. The van der Waals surface area contributed by atoms with Crippen LogP contribution in [0.2, 0.25) is 0 Å². The lowest BCUT2D eigenvalue weighted by atomic mass is 10.3. The normalized spacial score (nSPS) is 10.3. The number of phenolic OH excluding ortho intramolecular Hbond substituents is 1. The van der Waals surface area contributed by atoms with Gasteiger partial charge in [-0.25, -0.2) is 0 Å². The molecule has 0 atom stereocenters. The number of anilines is 1. The Kier molecular flexibility index (Phi) is 4.47. The number of benzene rings is 1. The molecule has 0 fully saturated rings. The molecule has 2 N–H and O–H groups in total. The fraction of sp³-hybridized carbons (Fsp3) is 0.214. The van der Waals surface area contributed by atoms with Gasteiger partial charge in [0, 0.05) is 29.1 Å². The summed E-state index contributed by atoms with van der Waals surface area (Å²) in [7, 11) is 0. The second-order valence-electron chi connectivity index (χ2n) is 3.85. The zero-order chi connectivity index (χ0) is 12.8. The fourth-order valence-corrected chi connectivity index (χ4v) is 2.45. The smallest absolute Gasteiger partial charge is 0.116 e. The quantitative estimate of drug-likeness (QED) is 0.807. The van der Waals surface area contributed by atoms with E-state index in [9.17, 15) is 5.11 Å². The van der Waals surface area contributed by atoms with Crippen LogP contribution >= 0.6 is 11.8 Å². The Hall–Kier alpha value is -1.68. The highest BCUT2D eigenvalue weighted by Crippen LogP contribution is 2.25. The summed E-state index contributed by atoms with van der Waals surface area (Å²) in [5.74, 6) is 1.09. The molecule has 4 heteroatoms. The number of nitrogens with zero attached hydrogens (tertiary/aromatic N) is 1. The highest BCUT2D eigenvalue weighted by atomic mass is 32.2. The van der Waals surface area contributed by atoms with E-state index in [0.717, 1.165) is 28.6 Å². The van der Waals surface area contributed by atoms with Crippen molar-refractivity contribution >= 4 is 17.4 Å². The monoisotopic (exact) mass is 260 g/mol. The van der Waals surface area contributed by atoms with Gasteiger partial charge in [-0.2, -0.15) is 0 Å². The van der Waals surface area contributed by atoms with Gasteiger partial charge in [0.05, 0.1) is 5.69 Å². The van der Waals surface area contributed by atoms with Crippen molar-refractivity contribution in [2.75, 3.05) is 11.9 Å². The van der Waals surface area contributed by atoms with Crippen LogP contribution in [-0.2, 0) is 5.75 Å². The molecule has 0 bridgehead atoms. The molecule has 0 radical (unpaired) electrons. The number of aromatic nitrogens is 1. The highest BCUT2D eigenvalue weighted by Gasteiger charge is 2.00. The van der Waals surface area contributed by atoms with E-state index in [4.69, 9.17) is 0 Å². The fourth-order valence-electron chi connectivity index (χ4n) is 1.60. The second kappa shape index (κ2) is 6.31. The van der Waals surface area contributed by atoms with E-state index in [1.807, 2.05) is 24.4 Å². The Balaban J connectivity index is 1.99. The summed E-state index contributed by atoms with van der Waals surface area (Å²) in [6.45, 7) is 2.98. The van der Waals surface area contributed by atoms with Crippen LogP contribution in [0.4, 0.5) is 5.69 Å². The average molecular weight is 260 g/mol. The third-order valence-electron chi connectivity index (χ3n) is 2.40. The minimum Gasteiger partial charge on any atom is -0.508 e. The summed E-state index contributed by atoms with van der Waals surface area (Å²) >= 11 is 1.66. The summed E-state index contributed by atoms with van der Waals surface area (Å²) in [6, 6.07) is 11.3. The molecular formula is C14H16N2OS. The van der Waals surface area contributed by atoms with Crippen molar-refractivity contribution < 1.29 is 5.11 Å². The van der Waals surface area contributed by atoms with E-state index >= 15 is 0 Å². The Morgan fingerprint density at radius 2 is 2.17 bits per heavy atom. The lowest BCUT2D eigenvalue weighted by molar-refractivity contribution is 0.474. The summed E-state index contributed by atoms with van der Waals surface area (Å²) < 4.78 is 0. The lowest BCUT2D eigenvalue weighted by Gasteiger charge is -2.06. The van der Waals surface area contributed by atoms with Gasteiger partial charge in [0.1, 0.15) is 5.75 Å². The van der Waals surface area contributed by atoms with E-state index in [-0.39, 0.29) is 0 Å². The van der Waals surface area contributed by atoms with Gasteiger partial charge in [-0.15, -0.1) is 11.8 Å². The van der Waals surface area contributed by atoms with Gasteiger partial charge < -0.3 is 10.4 Å². The van der Waals surface area contributed by atoms with Crippen LogP contribution in [0.5, 0.6) is 5.75 Å². The molecule has 1 aromatic carbocycles. The van der Waals surface area contributed by atoms with Crippen LogP contribution in [0.3, 0.4) is 0 Å². The van der Waals surface area contributed by atoms with Gasteiger partial charge in [0.15, 0.2) is 0 Å². The first-order valence-corrected chi connectivity index (χ1v) is 6.87. The van der Waals surface area contributed by atoms with Gasteiger partial charge >= 0.3 is 0 Å². The van der Waals surface area contributed by atoms with Crippen molar-refractivity contribution in [3.05, 3.63) is 48.3 Å². The first-order chi connectivity index (χ1) is 8.78. The predicted octanol–water partition coefficient (Wildman–Crippen LogP) is 3.51. The zero-order valence-corrected chi connectivity index (χ0v) is 11.1. The molecule has 0 aliphatic heterocycles. The Morgan fingerprint density at radius 1 is 1.28 bits per heavy atom. The predicted molar refractivity (Wildman–Crippen MR) is 76.1 cm³/mol. The van der Waals surface area contributed by atoms with Crippen LogP contribution in [-0.4, -0.2) is 16.6 Å². The van der Waals surface area contributed by atoms with E-state index in [2.05, 4.69) is 23.3 Å². The van der Waals surface area contributed by atoms with Gasteiger partial charge in [-0.05, 0) is 37.3 Å². The number of phenols is 1. The molecule has 94 valence electrons. The summed E-state index contributed by atoms with van der Waals surface area (Å²) in [6.07, 6.45) is 1.82. The number of hydrogen-bond donors (Lipinski definition) is 2. The van der Waals surface area contributed by atoms with Crippen molar-refractivity contribution in [3.8, 4) is 5.75 Å². The molecule has 0 spiro atoms. The van der Waals surface area contributed by atoms with E-state index in [1.54, 1.807) is 23.9 Å². The summed E-state index contributed by atoms with van der Waals surface area (Å²) in [5.41, 5.74) is 2.13. The Labute approximate surface area is 111 Å². The van der Waals surface area contributed by atoms with Crippen LogP contribution in [0.15, 0.2) is 47.5 Å². The third-order valence-corrected chi connectivity index (χ3v) is 3.43. The standard InChI is InChI=1S/C14H16N2OS/c1-2-15-11-6-7-16-12(8-11)10-18-14-5-3-4-13(17)9-14/h3-9,17H,2,10H2,1H3,(H,15,16). The number of nitrogens with one attached hydrogen (secondary N) is 1. The number of hydrogen-bond acceptors (Lipinski definition) is 4. The summed E-state index contributed by atoms with van der Waals surface area (Å²) in [4.78, 5) is 5.38.